The molecule has 23 heavy (non-hydrogen) atoms. The molecule has 2 N–H and O–H groups in total. The Kier molecular flexibility index (Phi) is 3.01. The first-order valence-corrected chi connectivity index (χ1v) is 7.64. The minimum Gasteiger partial charge on any atom is -0.392 e. The van der Waals surface area contributed by atoms with E-state index in [9.17, 15) is 19.8 Å². The second-order valence-electron chi connectivity index (χ2n) is 6.35. The minimum absolute atomic E-state index is 0.106. The van der Waals surface area contributed by atoms with Gasteiger partial charge in [-0.2, -0.15) is 0 Å². The normalized spacial score (nSPS) is 17.7. The minimum atomic E-state index is -1.03. The third-order valence-corrected chi connectivity index (χ3v) is 5.13. The predicted molar refractivity (Wildman–Crippen MR) is 83.2 cm³/mol. The summed E-state index contributed by atoms with van der Waals surface area (Å²) < 4.78 is 0. The van der Waals surface area contributed by atoms with Crippen molar-refractivity contribution < 1.29 is 19.8 Å². The SMILES string of the molecule is O=C1c2ccccc2C(=O)C12Cc1cc(CO)c(CO)cc1C2. The zero-order valence-corrected chi connectivity index (χ0v) is 12.5. The van der Waals surface area contributed by atoms with Gasteiger partial charge in [0.1, 0.15) is 5.41 Å². The Bertz CT molecular complexity index is 780. The van der Waals surface area contributed by atoms with E-state index in [-0.39, 0.29) is 24.8 Å². The van der Waals surface area contributed by atoms with Crippen molar-refractivity contribution in [3.05, 3.63) is 69.8 Å². The van der Waals surface area contributed by atoms with Gasteiger partial charge >= 0.3 is 0 Å². The number of Topliss-reactive ketones (excluding diaryl/α,β-unsaturated/α-hetero) is 2. The summed E-state index contributed by atoms with van der Waals surface area (Å²) in [6.45, 7) is -0.337. The van der Waals surface area contributed by atoms with Gasteiger partial charge in [-0.25, -0.2) is 0 Å². The largest absolute Gasteiger partial charge is 0.392 e. The van der Waals surface area contributed by atoms with Gasteiger partial charge in [-0.1, -0.05) is 36.4 Å². The molecule has 4 nitrogen and oxygen atoms in total. The van der Waals surface area contributed by atoms with Gasteiger partial charge in [-0.15, -0.1) is 0 Å². The highest BCUT2D eigenvalue weighted by molar-refractivity contribution is 6.30. The van der Waals surface area contributed by atoms with E-state index in [4.69, 9.17) is 0 Å². The number of aliphatic hydroxyl groups is 2. The van der Waals surface area contributed by atoms with Gasteiger partial charge in [0.15, 0.2) is 11.6 Å². The van der Waals surface area contributed by atoms with Gasteiger partial charge in [0.25, 0.3) is 0 Å². The van der Waals surface area contributed by atoms with Crippen molar-refractivity contribution in [3.63, 3.8) is 0 Å². The molecule has 0 atom stereocenters. The Morgan fingerprint density at radius 2 is 1.26 bits per heavy atom. The quantitative estimate of drug-likeness (QED) is 0.830. The number of aliphatic hydroxyl groups excluding tert-OH is 2. The molecule has 0 radical (unpaired) electrons. The first kappa shape index (κ1) is 14.3. The van der Waals surface area contributed by atoms with Crippen LogP contribution in [0.25, 0.3) is 0 Å². The summed E-state index contributed by atoms with van der Waals surface area (Å²) in [5.74, 6) is -0.212. The van der Waals surface area contributed by atoms with Gasteiger partial charge in [0.2, 0.25) is 0 Å². The van der Waals surface area contributed by atoms with E-state index in [1.807, 2.05) is 12.1 Å². The lowest BCUT2D eigenvalue weighted by atomic mass is 9.80. The van der Waals surface area contributed by atoms with Crippen molar-refractivity contribution in [1.82, 2.24) is 0 Å². The van der Waals surface area contributed by atoms with Crippen LogP contribution in [0.2, 0.25) is 0 Å². The zero-order chi connectivity index (χ0) is 16.2. The van der Waals surface area contributed by atoms with Crippen LogP contribution in [-0.4, -0.2) is 21.8 Å². The van der Waals surface area contributed by atoms with Crippen LogP contribution < -0.4 is 0 Å². The van der Waals surface area contributed by atoms with E-state index >= 15 is 0 Å². The second kappa shape index (κ2) is 4.85. The average molecular weight is 308 g/mol. The molecule has 0 heterocycles. The van der Waals surface area contributed by atoms with Crippen LogP contribution >= 0.6 is 0 Å². The molecule has 4 heteroatoms. The molecule has 0 aromatic heterocycles. The first-order valence-electron chi connectivity index (χ1n) is 7.64. The number of hydrogen-bond acceptors (Lipinski definition) is 4. The zero-order valence-electron chi connectivity index (χ0n) is 12.5. The van der Waals surface area contributed by atoms with E-state index < -0.39 is 5.41 Å². The molecule has 116 valence electrons. The lowest BCUT2D eigenvalue weighted by Gasteiger charge is -2.18. The van der Waals surface area contributed by atoms with E-state index in [2.05, 4.69) is 0 Å². The fourth-order valence-corrected chi connectivity index (χ4v) is 3.95. The Morgan fingerprint density at radius 3 is 1.65 bits per heavy atom. The lowest BCUT2D eigenvalue weighted by molar-refractivity contribution is 0.0710. The highest BCUT2D eigenvalue weighted by Crippen LogP contribution is 2.47. The molecule has 0 saturated heterocycles. The molecular weight excluding hydrogens is 292 g/mol. The summed E-state index contributed by atoms with van der Waals surface area (Å²) in [7, 11) is 0. The number of hydrogen-bond donors (Lipinski definition) is 2. The molecule has 0 unspecified atom stereocenters. The molecule has 1 spiro atoms. The van der Waals surface area contributed by atoms with Crippen LogP contribution in [0.5, 0.6) is 0 Å². The topological polar surface area (TPSA) is 74.6 Å². The summed E-state index contributed by atoms with van der Waals surface area (Å²) >= 11 is 0. The van der Waals surface area contributed by atoms with Crippen LogP contribution in [0.1, 0.15) is 43.0 Å². The monoisotopic (exact) mass is 308 g/mol. The van der Waals surface area contributed by atoms with Crippen molar-refractivity contribution in [3.8, 4) is 0 Å². The molecule has 0 saturated carbocycles. The van der Waals surface area contributed by atoms with Gasteiger partial charge in [0.05, 0.1) is 13.2 Å². The van der Waals surface area contributed by atoms with Crippen molar-refractivity contribution >= 4 is 11.6 Å². The standard InChI is InChI=1S/C19H16O4/c20-9-13-5-11-7-19(8-12(11)6-14(13)10-21)17(22)15-3-1-2-4-16(15)18(19)23/h1-6,20-21H,7-10H2. The fraction of sp³-hybridized carbons (Fsp3) is 0.263. The van der Waals surface area contributed by atoms with Crippen molar-refractivity contribution in [2.75, 3.05) is 0 Å². The summed E-state index contributed by atoms with van der Waals surface area (Å²) in [5.41, 5.74) is 3.12. The predicted octanol–water partition coefficient (Wildman–Crippen LogP) is 1.84. The van der Waals surface area contributed by atoms with Crippen LogP contribution in [-0.2, 0) is 26.1 Å². The Hall–Kier alpha value is -2.30. The maximum atomic E-state index is 12.9. The van der Waals surface area contributed by atoms with E-state index in [1.165, 1.54) is 0 Å². The molecule has 2 aromatic rings. The molecule has 4 rings (SSSR count). The van der Waals surface area contributed by atoms with E-state index in [0.717, 1.165) is 11.1 Å². The summed E-state index contributed by atoms with van der Waals surface area (Å²) in [6, 6.07) is 10.6. The third kappa shape index (κ3) is 1.79. The van der Waals surface area contributed by atoms with Crippen LogP contribution in [0, 0.1) is 5.41 Å². The van der Waals surface area contributed by atoms with Crippen LogP contribution in [0.3, 0.4) is 0 Å². The van der Waals surface area contributed by atoms with Gasteiger partial charge in [0, 0.05) is 11.1 Å². The van der Waals surface area contributed by atoms with Gasteiger partial charge in [-0.05, 0) is 35.1 Å². The molecule has 0 bridgehead atoms. The Labute approximate surface area is 133 Å². The van der Waals surface area contributed by atoms with E-state index in [1.54, 1.807) is 24.3 Å². The number of carbonyl (C=O) groups is 2. The number of benzene rings is 2. The molecule has 2 aliphatic rings. The molecule has 0 aliphatic heterocycles. The van der Waals surface area contributed by atoms with Gasteiger partial charge in [-0.3, -0.25) is 9.59 Å². The van der Waals surface area contributed by atoms with Gasteiger partial charge < -0.3 is 10.2 Å². The molecule has 0 fully saturated rings. The van der Waals surface area contributed by atoms with Crippen molar-refractivity contribution in [2.24, 2.45) is 5.41 Å². The smallest absolute Gasteiger partial charge is 0.178 e. The molecule has 2 aliphatic carbocycles. The number of carbonyl (C=O) groups excluding carboxylic acids is 2. The fourth-order valence-electron chi connectivity index (χ4n) is 3.95. The number of ketones is 2. The molecule has 0 amide bonds. The van der Waals surface area contributed by atoms with E-state index in [0.29, 0.717) is 35.1 Å². The lowest BCUT2D eigenvalue weighted by Crippen LogP contribution is -2.34. The summed E-state index contributed by atoms with van der Waals surface area (Å²) in [6.07, 6.45) is 0.737. The molecule has 2 aromatic carbocycles. The average Bonchev–Trinajstić information content (AvgIpc) is 3.06. The molecular formula is C19H16O4. The number of rotatable bonds is 2. The second-order valence-corrected chi connectivity index (χ2v) is 6.35. The highest BCUT2D eigenvalue weighted by atomic mass is 16.3. The number of fused-ring (bicyclic) bond motifs is 2. The van der Waals surface area contributed by atoms with Crippen molar-refractivity contribution in [1.29, 1.82) is 0 Å². The summed E-state index contributed by atoms with van der Waals surface area (Å²) in [4.78, 5) is 25.8. The maximum absolute atomic E-state index is 12.9. The first-order chi connectivity index (χ1) is 11.1. The Morgan fingerprint density at radius 1 is 0.826 bits per heavy atom. The third-order valence-electron chi connectivity index (χ3n) is 5.13. The van der Waals surface area contributed by atoms with Crippen LogP contribution in [0.4, 0.5) is 0 Å². The van der Waals surface area contributed by atoms with Crippen LogP contribution in [0.15, 0.2) is 36.4 Å². The Balaban J connectivity index is 1.82. The summed E-state index contributed by atoms with van der Waals surface area (Å²) in [5, 5.41) is 18.9. The van der Waals surface area contributed by atoms with Crippen molar-refractivity contribution in [2.45, 2.75) is 26.1 Å². The highest BCUT2D eigenvalue weighted by Gasteiger charge is 2.55. The maximum Gasteiger partial charge on any atom is 0.178 e.